The molecule has 27 heavy (non-hydrogen) atoms. The van der Waals surface area contributed by atoms with E-state index < -0.39 is 10.0 Å². The van der Waals surface area contributed by atoms with Crippen molar-refractivity contribution in [3.05, 3.63) is 35.9 Å². The summed E-state index contributed by atoms with van der Waals surface area (Å²) in [6, 6.07) is 9.15. The number of sulfonamides is 1. The van der Waals surface area contributed by atoms with Crippen LogP contribution in [0.15, 0.2) is 34.7 Å². The third kappa shape index (κ3) is 5.50. The van der Waals surface area contributed by atoms with Crippen molar-refractivity contribution < 1.29 is 13.2 Å². The van der Waals surface area contributed by atoms with Gasteiger partial charge in [-0.05, 0) is 24.2 Å². The highest BCUT2D eigenvalue weighted by Gasteiger charge is 2.31. The highest BCUT2D eigenvalue weighted by molar-refractivity contribution is 8.01. The predicted octanol–water partition coefficient (Wildman–Crippen LogP) is 2.83. The Kier molecular flexibility index (Phi) is 6.85. The summed E-state index contributed by atoms with van der Waals surface area (Å²) in [5.41, 5.74) is 0.773. The first-order valence-corrected chi connectivity index (χ1v) is 12.2. The molecule has 2 aromatic rings. The van der Waals surface area contributed by atoms with Crippen molar-refractivity contribution >= 4 is 44.2 Å². The zero-order valence-corrected chi connectivity index (χ0v) is 17.4. The Balaban J connectivity index is 1.52. The van der Waals surface area contributed by atoms with Gasteiger partial charge in [0.05, 0.1) is 5.75 Å². The van der Waals surface area contributed by atoms with E-state index in [9.17, 15) is 13.2 Å². The van der Waals surface area contributed by atoms with Crippen molar-refractivity contribution in [3.63, 3.8) is 0 Å². The molecule has 7 nitrogen and oxygen atoms in total. The number of carbonyl (C=O) groups excluding carboxylic acids is 1. The molecule has 1 aromatic carbocycles. The number of hydrogen-bond acceptors (Lipinski definition) is 7. The van der Waals surface area contributed by atoms with Gasteiger partial charge in [-0.25, -0.2) is 12.7 Å². The molecule has 0 radical (unpaired) electrons. The Morgan fingerprint density at radius 1 is 1.26 bits per heavy atom. The van der Waals surface area contributed by atoms with Crippen LogP contribution in [-0.4, -0.2) is 47.7 Å². The van der Waals surface area contributed by atoms with Crippen molar-refractivity contribution in [1.29, 1.82) is 0 Å². The van der Waals surface area contributed by atoms with Crippen LogP contribution in [0.1, 0.15) is 25.3 Å². The molecule has 0 spiro atoms. The monoisotopic (exact) mass is 426 g/mol. The van der Waals surface area contributed by atoms with Crippen LogP contribution < -0.4 is 5.32 Å². The Labute approximate surface area is 167 Å². The first-order valence-electron chi connectivity index (χ1n) is 8.77. The smallest absolute Gasteiger partial charge is 0.229 e. The summed E-state index contributed by atoms with van der Waals surface area (Å²) < 4.78 is 27.5. The second-order valence-corrected chi connectivity index (χ2v) is 10.7. The van der Waals surface area contributed by atoms with E-state index in [0.717, 1.165) is 15.7 Å². The number of nitrogens with zero attached hydrogens (tertiary/aromatic N) is 3. The third-order valence-electron chi connectivity index (χ3n) is 4.31. The van der Waals surface area contributed by atoms with Gasteiger partial charge in [0.15, 0.2) is 4.34 Å². The second kappa shape index (κ2) is 9.13. The van der Waals surface area contributed by atoms with Crippen LogP contribution in [0.4, 0.5) is 5.13 Å². The van der Waals surface area contributed by atoms with Gasteiger partial charge in [0.25, 0.3) is 0 Å². The van der Waals surface area contributed by atoms with Gasteiger partial charge in [-0.1, -0.05) is 60.4 Å². The number of aromatic nitrogens is 2. The Morgan fingerprint density at radius 2 is 1.96 bits per heavy atom. The van der Waals surface area contributed by atoms with Crippen LogP contribution in [-0.2, 0) is 20.6 Å². The van der Waals surface area contributed by atoms with Crippen molar-refractivity contribution in [1.82, 2.24) is 14.5 Å². The zero-order chi connectivity index (χ0) is 19.3. The molecule has 1 fully saturated rings. The second-order valence-electron chi connectivity index (χ2n) is 6.21. The topological polar surface area (TPSA) is 92.3 Å². The first-order chi connectivity index (χ1) is 13.0. The SMILES string of the molecule is CCSc1nnc(NC(=O)C2CCN(S(=O)(=O)Cc3ccccc3)CC2)s1. The Bertz CT molecular complexity index is 863. The Hall–Kier alpha value is -1.49. The van der Waals surface area contributed by atoms with Crippen LogP contribution in [0, 0.1) is 5.92 Å². The average molecular weight is 427 g/mol. The quantitative estimate of drug-likeness (QED) is 0.541. The van der Waals surface area contributed by atoms with E-state index in [4.69, 9.17) is 0 Å². The molecule has 1 amide bonds. The number of anilines is 1. The van der Waals surface area contributed by atoms with Crippen molar-refractivity contribution in [2.75, 3.05) is 24.2 Å². The molecule has 2 heterocycles. The number of piperidine rings is 1. The number of benzene rings is 1. The highest BCUT2D eigenvalue weighted by atomic mass is 32.2. The van der Waals surface area contributed by atoms with Crippen LogP contribution in [0.5, 0.6) is 0 Å². The van der Waals surface area contributed by atoms with E-state index in [2.05, 4.69) is 15.5 Å². The normalized spacial score (nSPS) is 16.3. The summed E-state index contributed by atoms with van der Waals surface area (Å²) in [6.07, 6.45) is 1.02. The van der Waals surface area contributed by atoms with E-state index in [1.807, 2.05) is 37.3 Å². The maximum Gasteiger partial charge on any atom is 0.229 e. The lowest BCUT2D eigenvalue weighted by atomic mass is 9.97. The fourth-order valence-electron chi connectivity index (χ4n) is 2.92. The van der Waals surface area contributed by atoms with Gasteiger partial charge in [-0.2, -0.15) is 0 Å². The summed E-state index contributed by atoms with van der Waals surface area (Å²) in [5.74, 6) is 0.574. The molecule has 0 aliphatic carbocycles. The fourth-order valence-corrected chi connectivity index (χ4v) is 6.14. The maximum atomic E-state index is 12.6. The van der Waals surface area contributed by atoms with Crippen molar-refractivity contribution in [2.45, 2.75) is 29.9 Å². The Morgan fingerprint density at radius 3 is 2.63 bits per heavy atom. The van der Waals surface area contributed by atoms with Gasteiger partial charge >= 0.3 is 0 Å². The van der Waals surface area contributed by atoms with Crippen LogP contribution >= 0.6 is 23.1 Å². The average Bonchev–Trinajstić information content (AvgIpc) is 3.09. The molecule has 1 N–H and O–H groups in total. The minimum absolute atomic E-state index is 0.00659. The number of rotatable bonds is 7. The molecule has 0 unspecified atom stereocenters. The third-order valence-corrected chi connectivity index (χ3v) is 8.02. The summed E-state index contributed by atoms with van der Waals surface area (Å²) in [6.45, 7) is 2.75. The van der Waals surface area contributed by atoms with Gasteiger partial charge < -0.3 is 5.32 Å². The lowest BCUT2D eigenvalue weighted by Gasteiger charge is -2.30. The van der Waals surface area contributed by atoms with E-state index in [0.29, 0.717) is 31.1 Å². The lowest BCUT2D eigenvalue weighted by molar-refractivity contribution is -0.120. The van der Waals surface area contributed by atoms with Crippen LogP contribution in [0.2, 0.25) is 0 Å². The predicted molar refractivity (Wildman–Crippen MR) is 108 cm³/mol. The standard InChI is InChI=1S/C17H22N4O3S3/c1-2-25-17-20-19-16(26-17)18-15(22)14-8-10-21(11-9-14)27(23,24)12-13-6-4-3-5-7-13/h3-7,14H,2,8-12H2,1H3,(H,18,19,22). The molecule has 1 aromatic heterocycles. The van der Waals surface area contributed by atoms with Crippen molar-refractivity contribution in [2.24, 2.45) is 5.92 Å². The molecule has 10 heteroatoms. The van der Waals surface area contributed by atoms with E-state index in [1.165, 1.54) is 15.6 Å². The number of thioether (sulfide) groups is 1. The first kappa shape index (κ1) is 20.2. The minimum atomic E-state index is -3.37. The molecule has 146 valence electrons. The fraction of sp³-hybridized carbons (Fsp3) is 0.471. The lowest BCUT2D eigenvalue weighted by Crippen LogP contribution is -2.41. The highest BCUT2D eigenvalue weighted by Crippen LogP contribution is 2.27. The van der Waals surface area contributed by atoms with Crippen LogP contribution in [0.25, 0.3) is 0 Å². The number of amides is 1. The van der Waals surface area contributed by atoms with Gasteiger partial charge in [0.1, 0.15) is 0 Å². The van der Waals surface area contributed by atoms with Gasteiger partial charge in [0, 0.05) is 19.0 Å². The number of hydrogen-bond donors (Lipinski definition) is 1. The maximum absolute atomic E-state index is 12.6. The summed E-state index contributed by atoms with van der Waals surface area (Å²) in [7, 11) is -3.37. The molecule has 1 saturated heterocycles. The molecule has 0 atom stereocenters. The van der Waals surface area contributed by atoms with E-state index in [1.54, 1.807) is 11.8 Å². The summed E-state index contributed by atoms with van der Waals surface area (Å²) >= 11 is 2.94. The van der Waals surface area contributed by atoms with Crippen LogP contribution in [0.3, 0.4) is 0 Å². The van der Waals surface area contributed by atoms with Gasteiger partial charge in [-0.15, -0.1) is 10.2 Å². The number of nitrogens with one attached hydrogen (secondary N) is 1. The molecule has 1 aliphatic heterocycles. The number of carbonyl (C=O) groups is 1. The molecule has 1 aliphatic rings. The van der Waals surface area contributed by atoms with E-state index >= 15 is 0 Å². The molecular weight excluding hydrogens is 404 g/mol. The molecule has 3 rings (SSSR count). The molecular formula is C17H22N4O3S3. The van der Waals surface area contributed by atoms with Gasteiger partial charge in [0.2, 0.25) is 21.1 Å². The van der Waals surface area contributed by atoms with E-state index in [-0.39, 0.29) is 17.6 Å². The molecule has 0 bridgehead atoms. The zero-order valence-electron chi connectivity index (χ0n) is 15.0. The summed E-state index contributed by atoms with van der Waals surface area (Å²) in [4.78, 5) is 12.4. The summed E-state index contributed by atoms with van der Waals surface area (Å²) in [5, 5.41) is 11.3. The molecule has 0 saturated carbocycles. The van der Waals surface area contributed by atoms with Gasteiger partial charge in [-0.3, -0.25) is 4.79 Å². The van der Waals surface area contributed by atoms with Crippen molar-refractivity contribution in [3.8, 4) is 0 Å². The largest absolute Gasteiger partial charge is 0.300 e. The minimum Gasteiger partial charge on any atom is -0.300 e.